The van der Waals surface area contributed by atoms with Gasteiger partial charge >= 0.3 is 0 Å². The zero-order chi connectivity index (χ0) is 22.3. The molecule has 0 aliphatic rings. The van der Waals surface area contributed by atoms with Gasteiger partial charge in [-0.3, -0.25) is 9.10 Å². The van der Waals surface area contributed by atoms with E-state index in [1.54, 1.807) is 54.6 Å². The van der Waals surface area contributed by atoms with Crippen LogP contribution in [0.1, 0.15) is 5.56 Å². The standard InChI is InChI=1S/C24H27N3O3S/c1-20-13-15-23(16-14-20)31(29,30)27(22-11-7-4-8-12-22)19-24(28)25-17-18-26(2)21-9-5-3-6-10-21/h3-16H,17-19H2,1-2H3,(H,25,28). The van der Waals surface area contributed by atoms with Gasteiger partial charge in [-0.05, 0) is 43.3 Å². The van der Waals surface area contributed by atoms with Crippen LogP contribution in [0.15, 0.2) is 89.8 Å². The second-order valence-electron chi connectivity index (χ2n) is 7.27. The van der Waals surface area contributed by atoms with Crippen molar-refractivity contribution in [2.75, 3.05) is 35.9 Å². The van der Waals surface area contributed by atoms with Crippen molar-refractivity contribution < 1.29 is 13.2 Å². The average Bonchev–Trinajstić information content (AvgIpc) is 2.78. The Hall–Kier alpha value is -3.32. The van der Waals surface area contributed by atoms with Gasteiger partial charge in [0, 0.05) is 25.8 Å². The summed E-state index contributed by atoms with van der Waals surface area (Å²) >= 11 is 0. The molecule has 3 aromatic carbocycles. The Morgan fingerprint density at radius 2 is 1.39 bits per heavy atom. The van der Waals surface area contributed by atoms with E-state index in [9.17, 15) is 13.2 Å². The van der Waals surface area contributed by atoms with Gasteiger partial charge in [0.05, 0.1) is 10.6 Å². The number of hydrogen-bond donors (Lipinski definition) is 1. The zero-order valence-corrected chi connectivity index (χ0v) is 18.5. The summed E-state index contributed by atoms with van der Waals surface area (Å²) in [4.78, 5) is 14.8. The van der Waals surface area contributed by atoms with E-state index in [2.05, 4.69) is 5.32 Å². The number of aryl methyl sites for hydroxylation is 1. The summed E-state index contributed by atoms with van der Waals surface area (Å²) in [7, 11) is -1.94. The second-order valence-corrected chi connectivity index (χ2v) is 9.13. The summed E-state index contributed by atoms with van der Waals surface area (Å²) < 4.78 is 27.7. The Morgan fingerprint density at radius 1 is 0.839 bits per heavy atom. The molecule has 7 heteroatoms. The summed E-state index contributed by atoms with van der Waals surface area (Å²) in [5, 5.41) is 2.83. The van der Waals surface area contributed by atoms with Gasteiger partial charge in [-0.2, -0.15) is 0 Å². The molecule has 0 aliphatic heterocycles. The Balaban J connectivity index is 1.70. The summed E-state index contributed by atoms with van der Waals surface area (Å²) in [6.07, 6.45) is 0. The highest BCUT2D eigenvalue weighted by molar-refractivity contribution is 7.92. The molecule has 0 aromatic heterocycles. The van der Waals surface area contributed by atoms with E-state index >= 15 is 0 Å². The van der Waals surface area contributed by atoms with Crippen LogP contribution in [0.3, 0.4) is 0 Å². The van der Waals surface area contributed by atoms with Crippen LogP contribution >= 0.6 is 0 Å². The monoisotopic (exact) mass is 437 g/mol. The third kappa shape index (κ3) is 5.86. The Kier molecular flexibility index (Phi) is 7.31. The highest BCUT2D eigenvalue weighted by Gasteiger charge is 2.27. The minimum Gasteiger partial charge on any atom is -0.373 e. The highest BCUT2D eigenvalue weighted by atomic mass is 32.2. The van der Waals surface area contributed by atoms with Crippen molar-refractivity contribution in [3.63, 3.8) is 0 Å². The predicted molar refractivity (Wildman–Crippen MR) is 125 cm³/mol. The molecule has 0 saturated heterocycles. The van der Waals surface area contributed by atoms with Crippen LogP contribution < -0.4 is 14.5 Å². The first kappa shape index (κ1) is 22.4. The quantitative estimate of drug-likeness (QED) is 0.557. The van der Waals surface area contributed by atoms with Crippen molar-refractivity contribution in [2.24, 2.45) is 0 Å². The number of rotatable bonds is 9. The minimum absolute atomic E-state index is 0.151. The number of nitrogens with zero attached hydrogens (tertiary/aromatic N) is 2. The molecule has 31 heavy (non-hydrogen) atoms. The van der Waals surface area contributed by atoms with Crippen molar-refractivity contribution in [1.29, 1.82) is 0 Å². The van der Waals surface area contributed by atoms with Crippen molar-refractivity contribution in [2.45, 2.75) is 11.8 Å². The maximum atomic E-state index is 13.3. The number of likely N-dealkylation sites (N-methyl/N-ethyl adjacent to an activating group) is 1. The first-order valence-electron chi connectivity index (χ1n) is 10.1. The average molecular weight is 438 g/mol. The fraction of sp³-hybridized carbons (Fsp3) is 0.208. The number of anilines is 2. The van der Waals surface area contributed by atoms with E-state index in [1.165, 1.54) is 0 Å². The Morgan fingerprint density at radius 3 is 1.97 bits per heavy atom. The number of benzene rings is 3. The van der Waals surface area contributed by atoms with Gasteiger partial charge in [0.25, 0.3) is 10.0 Å². The van der Waals surface area contributed by atoms with E-state index in [-0.39, 0.29) is 17.3 Å². The van der Waals surface area contributed by atoms with Crippen molar-refractivity contribution in [3.05, 3.63) is 90.5 Å². The third-order valence-corrected chi connectivity index (χ3v) is 6.69. The first-order chi connectivity index (χ1) is 14.9. The van der Waals surface area contributed by atoms with E-state index in [4.69, 9.17) is 0 Å². The second kappa shape index (κ2) is 10.1. The lowest BCUT2D eigenvalue weighted by molar-refractivity contribution is -0.119. The maximum Gasteiger partial charge on any atom is 0.264 e. The maximum absolute atomic E-state index is 13.3. The van der Waals surface area contributed by atoms with Gasteiger partial charge in [0.2, 0.25) is 5.91 Å². The predicted octanol–water partition coefficient (Wildman–Crippen LogP) is 3.44. The number of carbonyl (C=O) groups excluding carboxylic acids is 1. The van der Waals surface area contributed by atoms with Crippen molar-refractivity contribution in [3.8, 4) is 0 Å². The SMILES string of the molecule is Cc1ccc(S(=O)(=O)N(CC(=O)NCCN(C)c2ccccc2)c2ccccc2)cc1. The van der Waals surface area contributed by atoms with E-state index in [1.807, 2.05) is 49.2 Å². The molecular formula is C24H27N3O3S. The van der Waals surface area contributed by atoms with E-state index in [0.717, 1.165) is 15.6 Å². The van der Waals surface area contributed by atoms with Gasteiger partial charge in [0.15, 0.2) is 0 Å². The molecule has 0 fully saturated rings. The van der Waals surface area contributed by atoms with Gasteiger partial charge in [-0.25, -0.2) is 8.42 Å². The molecule has 0 bridgehead atoms. The summed E-state index contributed by atoms with van der Waals surface area (Å²) in [6.45, 7) is 2.60. The summed E-state index contributed by atoms with van der Waals surface area (Å²) in [5.41, 5.74) is 2.45. The third-order valence-electron chi connectivity index (χ3n) is 4.91. The highest BCUT2D eigenvalue weighted by Crippen LogP contribution is 2.23. The molecule has 0 radical (unpaired) electrons. The largest absolute Gasteiger partial charge is 0.373 e. The number of hydrogen-bond acceptors (Lipinski definition) is 4. The molecule has 162 valence electrons. The van der Waals surface area contributed by atoms with Gasteiger partial charge in [-0.1, -0.05) is 54.1 Å². The van der Waals surface area contributed by atoms with Crippen molar-refractivity contribution in [1.82, 2.24) is 5.32 Å². The molecule has 3 rings (SSSR count). The van der Waals surface area contributed by atoms with Crippen LogP contribution in [0.25, 0.3) is 0 Å². The summed E-state index contributed by atoms with van der Waals surface area (Å²) in [5.74, 6) is -0.360. The van der Waals surface area contributed by atoms with E-state index in [0.29, 0.717) is 18.8 Å². The van der Waals surface area contributed by atoms with Crippen LogP contribution in [0.5, 0.6) is 0 Å². The number of para-hydroxylation sites is 2. The lowest BCUT2D eigenvalue weighted by atomic mass is 10.2. The number of carbonyl (C=O) groups is 1. The van der Waals surface area contributed by atoms with Crippen molar-refractivity contribution >= 4 is 27.3 Å². The molecule has 0 spiro atoms. The molecule has 0 unspecified atom stereocenters. The molecule has 1 amide bonds. The fourth-order valence-corrected chi connectivity index (χ4v) is 4.53. The summed E-state index contributed by atoms with van der Waals surface area (Å²) in [6, 6.07) is 25.1. The van der Waals surface area contributed by atoms with Crippen LogP contribution in [0.2, 0.25) is 0 Å². The lowest BCUT2D eigenvalue weighted by Gasteiger charge is -2.24. The number of nitrogens with one attached hydrogen (secondary N) is 1. The molecular weight excluding hydrogens is 410 g/mol. The number of amides is 1. The number of sulfonamides is 1. The fourth-order valence-electron chi connectivity index (χ4n) is 3.11. The van der Waals surface area contributed by atoms with Crippen LogP contribution in [-0.4, -0.2) is 41.0 Å². The zero-order valence-electron chi connectivity index (χ0n) is 17.7. The lowest BCUT2D eigenvalue weighted by Crippen LogP contribution is -2.42. The van der Waals surface area contributed by atoms with Gasteiger partial charge in [0.1, 0.15) is 6.54 Å². The molecule has 1 N–H and O–H groups in total. The molecule has 0 aliphatic carbocycles. The molecule has 0 heterocycles. The Bertz CT molecular complexity index is 1090. The molecule has 3 aromatic rings. The normalized spacial score (nSPS) is 11.0. The topological polar surface area (TPSA) is 69.7 Å². The van der Waals surface area contributed by atoms with Gasteiger partial charge in [-0.15, -0.1) is 0 Å². The van der Waals surface area contributed by atoms with Crippen LogP contribution in [-0.2, 0) is 14.8 Å². The van der Waals surface area contributed by atoms with Gasteiger partial charge < -0.3 is 10.2 Å². The molecule has 0 saturated carbocycles. The Labute approximate surface area is 184 Å². The van der Waals surface area contributed by atoms with E-state index < -0.39 is 10.0 Å². The first-order valence-corrected chi connectivity index (χ1v) is 11.5. The molecule has 0 atom stereocenters. The van der Waals surface area contributed by atoms with Crippen LogP contribution in [0.4, 0.5) is 11.4 Å². The minimum atomic E-state index is -3.89. The smallest absolute Gasteiger partial charge is 0.264 e. The van der Waals surface area contributed by atoms with Crippen LogP contribution in [0, 0.1) is 6.92 Å². The molecule has 6 nitrogen and oxygen atoms in total.